The van der Waals surface area contributed by atoms with Crippen molar-refractivity contribution in [1.82, 2.24) is 19.8 Å². The molecular weight excluding hydrogens is 176 g/mol. The first-order chi connectivity index (χ1) is 6.02. The summed E-state index contributed by atoms with van der Waals surface area (Å²) in [6.45, 7) is 1.36. The number of aryl methyl sites for hydroxylation is 1. The van der Waals surface area contributed by atoms with Gasteiger partial charge in [0, 0.05) is 13.2 Å². The van der Waals surface area contributed by atoms with E-state index in [1.807, 2.05) is 0 Å². The summed E-state index contributed by atoms with van der Waals surface area (Å²) in [5, 5.41) is 15.3. The molecule has 13 heavy (non-hydrogen) atoms. The van der Waals surface area contributed by atoms with Gasteiger partial charge in [0.05, 0.1) is 5.57 Å². The lowest BCUT2D eigenvalue weighted by Crippen LogP contribution is -2.20. The summed E-state index contributed by atoms with van der Waals surface area (Å²) in [7, 11) is 1.43. The second kappa shape index (κ2) is 3.21. The Labute approximate surface area is 72.9 Å². The summed E-state index contributed by atoms with van der Waals surface area (Å²) in [4.78, 5) is 21.5. The highest BCUT2D eigenvalue weighted by atomic mass is 16.4. The summed E-state index contributed by atoms with van der Waals surface area (Å²) < 4.78 is 1.87. The van der Waals surface area contributed by atoms with Crippen LogP contribution in [0.4, 0.5) is 0 Å². The fraction of sp³-hybridized carbons (Fsp3) is 0.333. The van der Waals surface area contributed by atoms with Crippen molar-refractivity contribution in [2.75, 3.05) is 0 Å². The minimum atomic E-state index is -1.10. The van der Waals surface area contributed by atoms with Crippen molar-refractivity contribution in [2.45, 2.75) is 6.92 Å². The summed E-state index contributed by atoms with van der Waals surface area (Å²) in [6, 6.07) is 0. The summed E-state index contributed by atoms with van der Waals surface area (Å²) in [6.07, 6.45) is 1.11. The number of nitrogens with zero attached hydrogens (tertiary/aromatic N) is 4. The fourth-order valence-electron chi connectivity index (χ4n) is 0.648. The zero-order valence-electron chi connectivity index (χ0n) is 7.13. The number of carboxylic acid groups (broad SMARTS) is 1. The lowest BCUT2D eigenvalue weighted by atomic mass is 10.3. The molecule has 7 nitrogen and oxygen atoms in total. The fourth-order valence-corrected chi connectivity index (χ4v) is 0.648. The lowest BCUT2D eigenvalue weighted by Gasteiger charge is -1.90. The van der Waals surface area contributed by atoms with Crippen molar-refractivity contribution < 1.29 is 9.90 Å². The minimum absolute atomic E-state index is 0.0163. The van der Waals surface area contributed by atoms with Crippen LogP contribution in [-0.2, 0) is 11.8 Å². The van der Waals surface area contributed by atoms with E-state index in [9.17, 15) is 9.59 Å². The van der Waals surface area contributed by atoms with E-state index in [1.54, 1.807) is 0 Å². The molecule has 0 fully saturated rings. The second-order valence-electron chi connectivity index (χ2n) is 2.45. The maximum atomic E-state index is 11.1. The topological polar surface area (TPSA) is 90.0 Å². The van der Waals surface area contributed by atoms with Gasteiger partial charge in [-0.1, -0.05) is 0 Å². The van der Waals surface area contributed by atoms with Gasteiger partial charge < -0.3 is 5.11 Å². The Balaban J connectivity index is 3.12. The predicted octanol–water partition coefficient (Wildman–Crippen LogP) is -1.08. The molecule has 0 saturated carbocycles. The van der Waals surface area contributed by atoms with E-state index in [1.165, 1.54) is 14.0 Å². The highest BCUT2D eigenvalue weighted by Gasteiger charge is 2.03. The van der Waals surface area contributed by atoms with Gasteiger partial charge in [0.2, 0.25) is 0 Å². The van der Waals surface area contributed by atoms with Gasteiger partial charge in [-0.05, 0) is 17.4 Å². The lowest BCUT2D eigenvalue weighted by molar-refractivity contribution is -0.132. The zero-order valence-corrected chi connectivity index (χ0v) is 7.13. The molecule has 0 aliphatic heterocycles. The normalized spacial score (nSPS) is 11.7. The standard InChI is InChI=1S/C6H8N4O3/c1-4(5(11)12)3-10-6(13)9(2)7-8-10/h3H,1-2H3,(H,11,12)/b4-3+. The Morgan fingerprint density at radius 1 is 1.54 bits per heavy atom. The van der Waals surface area contributed by atoms with Gasteiger partial charge >= 0.3 is 11.7 Å². The van der Waals surface area contributed by atoms with Crippen LogP contribution in [0.5, 0.6) is 0 Å². The molecule has 1 aromatic heterocycles. The number of aliphatic carboxylic acids is 1. The number of rotatable bonds is 2. The van der Waals surface area contributed by atoms with E-state index in [4.69, 9.17) is 5.11 Å². The summed E-state index contributed by atoms with van der Waals surface area (Å²) >= 11 is 0. The Morgan fingerprint density at radius 3 is 2.54 bits per heavy atom. The number of carbonyl (C=O) groups is 1. The van der Waals surface area contributed by atoms with E-state index in [0.29, 0.717) is 0 Å². The number of tetrazole rings is 1. The van der Waals surface area contributed by atoms with Crippen LogP contribution in [0, 0.1) is 0 Å². The first-order valence-electron chi connectivity index (χ1n) is 3.42. The molecule has 0 aromatic carbocycles. The molecule has 0 bridgehead atoms. The van der Waals surface area contributed by atoms with E-state index >= 15 is 0 Å². The Kier molecular flexibility index (Phi) is 2.27. The van der Waals surface area contributed by atoms with E-state index in [-0.39, 0.29) is 5.57 Å². The largest absolute Gasteiger partial charge is 0.478 e. The number of aromatic nitrogens is 4. The van der Waals surface area contributed by atoms with Crippen molar-refractivity contribution in [3.63, 3.8) is 0 Å². The molecule has 7 heteroatoms. The maximum absolute atomic E-state index is 11.1. The molecule has 70 valence electrons. The molecule has 0 atom stereocenters. The van der Waals surface area contributed by atoms with Crippen LogP contribution in [-0.4, -0.2) is 30.9 Å². The summed E-state index contributed by atoms with van der Waals surface area (Å²) in [5.74, 6) is -1.10. The SMILES string of the molecule is C/C(=C\n1nnn(C)c1=O)C(=O)O. The molecule has 0 spiro atoms. The van der Waals surface area contributed by atoms with Gasteiger partial charge in [-0.25, -0.2) is 9.59 Å². The Morgan fingerprint density at radius 2 is 2.15 bits per heavy atom. The van der Waals surface area contributed by atoms with Crippen molar-refractivity contribution in [3.8, 4) is 0 Å². The van der Waals surface area contributed by atoms with Crippen LogP contribution in [0.3, 0.4) is 0 Å². The monoisotopic (exact) mass is 184 g/mol. The van der Waals surface area contributed by atoms with Gasteiger partial charge in [0.15, 0.2) is 0 Å². The van der Waals surface area contributed by atoms with Gasteiger partial charge in [-0.2, -0.15) is 9.36 Å². The molecule has 0 saturated heterocycles. The highest BCUT2D eigenvalue weighted by Crippen LogP contribution is 1.91. The maximum Gasteiger partial charge on any atom is 0.367 e. The molecule has 1 rings (SSSR count). The first-order valence-corrected chi connectivity index (χ1v) is 3.42. The third kappa shape index (κ3) is 1.81. The molecular formula is C6H8N4O3. The number of carboxylic acids is 1. The first kappa shape index (κ1) is 9.17. The third-order valence-corrected chi connectivity index (χ3v) is 1.40. The van der Waals surface area contributed by atoms with Crippen molar-refractivity contribution >= 4 is 12.2 Å². The van der Waals surface area contributed by atoms with Crippen molar-refractivity contribution in [3.05, 3.63) is 16.1 Å². The molecule has 0 aliphatic rings. The highest BCUT2D eigenvalue weighted by molar-refractivity contribution is 5.89. The molecule has 1 aromatic rings. The van der Waals surface area contributed by atoms with Crippen molar-refractivity contribution in [1.29, 1.82) is 0 Å². The van der Waals surface area contributed by atoms with Crippen LogP contribution in [0.1, 0.15) is 6.92 Å². The average molecular weight is 184 g/mol. The molecule has 0 unspecified atom stereocenters. The molecule has 1 N–H and O–H groups in total. The summed E-state index contributed by atoms with van der Waals surface area (Å²) in [5.41, 5.74) is -0.469. The van der Waals surface area contributed by atoms with Crippen LogP contribution in [0.15, 0.2) is 10.4 Å². The van der Waals surface area contributed by atoms with Gasteiger partial charge in [0.1, 0.15) is 0 Å². The van der Waals surface area contributed by atoms with Crippen LogP contribution in [0.2, 0.25) is 0 Å². The Bertz CT molecular complexity index is 414. The van der Waals surface area contributed by atoms with E-state index in [2.05, 4.69) is 10.4 Å². The zero-order chi connectivity index (χ0) is 10.0. The third-order valence-electron chi connectivity index (χ3n) is 1.40. The average Bonchev–Trinajstić information content (AvgIpc) is 2.36. The van der Waals surface area contributed by atoms with Gasteiger partial charge in [0.25, 0.3) is 0 Å². The molecule has 0 aliphatic carbocycles. The smallest absolute Gasteiger partial charge is 0.367 e. The molecule has 1 heterocycles. The van der Waals surface area contributed by atoms with Crippen LogP contribution >= 0.6 is 0 Å². The minimum Gasteiger partial charge on any atom is -0.478 e. The number of hydrogen-bond acceptors (Lipinski definition) is 4. The van der Waals surface area contributed by atoms with Crippen molar-refractivity contribution in [2.24, 2.45) is 7.05 Å². The molecule has 0 radical (unpaired) electrons. The molecule has 0 amide bonds. The Hall–Kier alpha value is -1.92. The van der Waals surface area contributed by atoms with E-state index in [0.717, 1.165) is 15.6 Å². The van der Waals surface area contributed by atoms with Crippen LogP contribution < -0.4 is 5.69 Å². The van der Waals surface area contributed by atoms with Gasteiger partial charge in [-0.3, -0.25) is 0 Å². The van der Waals surface area contributed by atoms with Gasteiger partial charge in [-0.15, -0.1) is 0 Å². The second-order valence-corrected chi connectivity index (χ2v) is 2.45. The quantitative estimate of drug-likeness (QED) is 0.590. The van der Waals surface area contributed by atoms with Crippen LogP contribution in [0.25, 0.3) is 6.20 Å². The predicted molar refractivity (Wildman–Crippen MR) is 42.8 cm³/mol. The van der Waals surface area contributed by atoms with E-state index < -0.39 is 11.7 Å². The number of hydrogen-bond donors (Lipinski definition) is 1.